The summed E-state index contributed by atoms with van der Waals surface area (Å²) >= 11 is 0. The highest BCUT2D eigenvalue weighted by Crippen LogP contribution is 2.26. The highest BCUT2D eigenvalue weighted by atomic mass is 16.2. The number of amides is 2. The van der Waals surface area contributed by atoms with Gasteiger partial charge < -0.3 is 9.80 Å². The minimum Gasteiger partial charge on any atom is -0.342 e. The molecule has 1 unspecified atom stereocenters. The van der Waals surface area contributed by atoms with Crippen LogP contribution in [0.1, 0.15) is 62.0 Å². The minimum absolute atomic E-state index is 0.136. The van der Waals surface area contributed by atoms with Crippen LogP contribution in [0, 0.1) is 0 Å². The Balaban J connectivity index is 1.37. The maximum Gasteiger partial charge on any atom is 0.236 e. The lowest BCUT2D eigenvalue weighted by Crippen LogP contribution is -2.44. The maximum atomic E-state index is 12.5. The summed E-state index contributed by atoms with van der Waals surface area (Å²) in [6, 6.07) is 0. The van der Waals surface area contributed by atoms with Gasteiger partial charge in [-0.25, -0.2) is 9.97 Å². The van der Waals surface area contributed by atoms with Gasteiger partial charge in [0.2, 0.25) is 11.8 Å². The number of hydrogen-bond donors (Lipinski definition) is 0. The normalized spacial score (nSPS) is 23.4. The van der Waals surface area contributed by atoms with Gasteiger partial charge >= 0.3 is 0 Å². The number of carbonyl (C=O) groups is 2. The zero-order chi connectivity index (χ0) is 19.5. The van der Waals surface area contributed by atoms with Crippen LogP contribution in [0.3, 0.4) is 0 Å². The zero-order valence-corrected chi connectivity index (χ0v) is 16.9. The van der Waals surface area contributed by atoms with Crippen LogP contribution in [0.25, 0.3) is 0 Å². The first kappa shape index (κ1) is 19.3. The Morgan fingerprint density at radius 2 is 1.86 bits per heavy atom. The molecule has 1 aromatic heterocycles. The standard InChI is InChI=1S/C21H31N5O2/c1-16(27)26-10-5-6-17(14-26)21-22-12-18-13-24(11-7-19(18)23-21)15-20(28)25-8-3-2-4-9-25/h12,17H,2-11,13-15H2,1H3. The molecular formula is C21H31N5O2. The largest absolute Gasteiger partial charge is 0.342 e. The summed E-state index contributed by atoms with van der Waals surface area (Å²) in [6.07, 6.45) is 8.37. The number of aromatic nitrogens is 2. The second-order valence-corrected chi connectivity index (χ2v) is 8.41. The van der Waals surface area contributed by atoms with Gasteiger partial charge in [-0.1, -0.05) is 0 Å². The van der Waals surface area contributed by atoms with Gasteiger partial charge in [0.05, 0.1) is 6.54 Å². The SMILES string of the molecule is CC(=O)N1CCCC(c2ncc3c(n2)CCN(CC(=O)N2CCCCC2)C3)C1. The van der Waals surface area contributed by atoms with E-state index in [9.17, 15) is 9.59 Å². The second-order valence-electron chi connectivity index (χ2n) is 8.41. The number of nitrogens with zero attached hydrogens (tertiary/aromatic N) is 5. The molecule has 0 saturated carbocycles. The predicted octanol–water partition coefficient (Wildman–Crippen LogP) is 1.57. The van der Waals surface area contributed by atoms with Crippen molar-refractivity contribution in [3.63, 3.8) is 0 Å². The van der Waals surface area contributed by atoms with Crippen LogP contribution in [-0.2, 0) is 22.6 Å². The Hall–Kier alpha value is -2.02. The molecule has 0 aromatic carbocycles. The summed E-state index contributed by atoms with van der Waals surface area (Å²) in [5.74, 6) is 1.51. The monoisotopic (exact) mass is 385 g/mol. The number of likely N-dealkylation sites (tertiary alicyclic amines) is 2. The quantitative estimate of drug-likeness (QED) is 0.790. The predicted molar refractivity (Wildman–Crippen MR) is 106 cm³/mol. The smallest absolute Gasteiger partial charge is 0.236 e. The average molecular weight is 386 g/mol. The molecular weight excluding hydrogens is 354 g/mol. The van der Waals surface area contributed by atoms with Crippen molar-refractivity contribution in [2.24, 2.45) is 0 Å². The molecule has 1 atom stereocenters. The minimum atomic E-state index is 0.136. The molecule has 3 aliphatic rings. The Morgan fingerprint density at radius 1 is 1.07 bits per heavy atom. The molecule has 0 N–H and O–H groups in total. The lowest BCUT2D eigenvalue weighted by molar-refractivity contribution is -0.133. The van der Waals surface area contributed by atoms with Crippen LogP contribution in [0.4, 0.5) is 0 Å². The van der Waals surface area contributed by atoms with Crippen molar-refractivity contribution < 1.29 is 9.59 Å². The molecule has 0 aliphatic carbocycles. The van der Waals surface area contributed by atoms with E-state index in [2.05, 4.69) is 9.88 Å². The molecule has 0 spiro atoms. The fourth-order valence-electron chi connectivity index (χ4n) is 4.63. The Bertz CT molecular complexity index is 732. The van der Waals surface area contributed by atoms with E-state index in [0.717, 1.165) is 88.5 Å². The van der Waals surface area contributed by atoms with Crippen LogP contribution in [0.2, 0.25) is 0 Å². The molecule has 0 radical (unpaired) electrons. The first-order valence-corrected chi connectivity index (χ1v) is 10.7. The third-order valence-corrected chi connectivity index (χ3v) is 6.33. The number of rotatable bonds is 3. The third kappa shape index (κ3) is 4.35. The van der Waals surface area contributed by atoms with Gasteiger partial charge in [0.1, 0.15) is 5.82 Å². The Kier molecular flexibility index (Phi) is 5.90. The second kappa shape index (κ2) is 8.55. The van der Waals surface area contributed by atoms with E-state index in [1.54, 1.807) is 6.92 Å². The van der Waals surface area contributed by atoms with Crippen molar-refractivity contribution in [1.29, 1.82) is 0 Å². The van der Waals surface area contributed by atoms with Crippen LogP contribution < -0.4 is 0 Å². The van der Waals surface area contributed by atoms with Crippen LogP contribution >= 0.6 is 0 Å². The van der Waals surface area contributed by atoms with Crippen molar-refractivity contribution in [1.82, 2.24) is 24.7 Å². The summed E-state index contributed by atoms with van der Waals surface area (Å²) in [6.45, 7) is 7.14. The van der Waals surface area contributed by atoms with Gasteiger partial charge in [0.25, 0.3) is 0 Å². The Morgan fingerprint density at radius 3 is 2.64 bits per heavy atom. The molecule has 2 fully saturated rings. The first-order valence-electron chi connectivity index (χ1n) is 10.7. The fraction of sp³-hybridized carbons (Fsp3) is 0.714. The van der Waals surface area contributed by atoms with Crippen molar-refractivity contribution in [3.05, 3.63) is 23.3 Å². The van der Waals surface area contributed by atoms with Gasteiger partial charge in [-0.2, -0.15) is 0 Å². The van der Waals surface area contributed by atoms with Crippen molar-refractivity contribution in [2.45, 2.75) is 57.9 Å². The third-order valence-electron chi connectivity index (χ3n) is 6.33. The molecule has 7 heteroatoms. The summed E-state index contributed by atoms with van der Waals surface area (Å²) in [7, 11) is 0. The maximum absolute atomic E-state index is 12.5. The summed E-state index contributed by atoms with van der Waals surface area (Å²) in [5, 5.41) is 0. The molecule has 28 heavy (non-hydrogen) atoms. The van der Waals surface area contributed by atoms with Crippen LogP contribution in [0.15, 0.2) is 6.20 Å². The lowest BCUT2D eigenvalue weighted by atomic mass is 9.96. The van der Waals surface area contributed by atoms with E-state index in [1.165, 1.54) is 6.42 Å². The van der Waals surface area contributed by atoms with Gasteiger partial charge in [0.15, 0.2) is 0 Å². The molecule has 3 aliphatic heterocycles. The molecule has 2 saturated heterocycles. The van der Waals surface area contributed by atoms with Gasteiger partial charge in [0, 0.05) is 76.0 Å². The van der Waals surface area contributed by atoms with E-state index in [4.69, 9.17) is 4.98 Å². The number of piperidine rings is 2. The number of hydrogen-bond acceptors (Lipinski definition) is 5. The van der Waals surface area contributed by atoms with Gasteiger partial charge in [-0.15, -0.1) is 0 Å². The molecule has 4 rings (SSSR count). The molecule has 2 amide bonds. The summed E-state index contributed by atoms with van der Waals surface area (Å²) < 4.78 is 0. The average Bonchev–Trinajstić information content (AvgIpc) is 2.74. The van der Waals surface area contributed by atoms with E-state index in [1.807, 2.05) is 16.0 Å². The van der Waals surface area contributed by atoms with Crippen molar-refractivity contribution in [2.75, 3.05) is 39.3 Å². The van der Waals surface area contributed by atoms with Crippen molar-refractivity contribution in [3.8, 4) is 0 Å². The highest BCUT2D eigenvalue weighted by molar-refractivity contribution is 5.78. The molecule has 152 valence electrons. The van der Waals surface area contributed by atoms with E-state index in [-0.39, 0.29) is 17.7 Å². The topological polar surface area (TPSA) is 69.6 Å². The summed E-state index contributed by atoms with van der Waals surface area (Å²) in [5.41, 5.74) is 2.26. The zero-order valence-electron chi connectivity index (χ0n) is 16.9. The lowest BCUT2D eigenvalue weighted by Gasteiger charge is -2.33. The number of fused-ring (bicyclic) bond motifs is 1. The van der Waals surface area contributed by atoms with Crippen LogP contribution in [0.5, 0.6) is 0 Å². The molecule has 0 bridgehead atoms. The molecule has 1 aromatic rings. The van der Waals surface area contributed by atoms with Gasteiger partial charge in [-0.3, -0.25) is 14.5 Å². The summed E-state index contributed by atoms with van der Waals surface area (Å²) in [4.78, 5) is 39.9. The Labute approximate surface area is 167 Å². The molecule has 4 heterocycles. The number of carbonyl (C=O) groups excluding carboxylic acids is 2. The fourth-order valence-corrected chi connectivity index (χ4v) is 4.63. The molecule has 7 nitrogen and oxygen atoms in total. The van der Waals surface area contributed by atoms with Crippen LogP contribution in [-0.4, -0.2) is 75.8 Å². The van der Waals surface area contributed by atoms with E-state index in [0.29, 0.717) is 6.54 Å². The highest BCUT2D eigenvalue weighted by Gasteiger charge is 2.27. The van der Waals surface area contributed by atoms with Gasteiger partial charge in [-0.05, 0) is 32.1 Å². The van der Waals surface area contributed by atoms with E-state index < -0.39 is 0 Å². The first-order chi connectivity index (χ1) is 13.6. The van der Waals surface area contributed by atoms with Crippen molar-refractivity contribution >= 4 is 11.8 Å². The van der Waals surface area contributed by atoms with E-state index >= 15 is 0 Å².